The molecule has 1 aromatic carbocycles. The van der Waals surface area contributed by atoms with Crippen LogP contribution in [0.5, 0.6) is 0 Å². The summed E-state index contributed by atoms with van der Waals surface area (Å²) in [5.41, 5.74) is 1.09. The van der Waals surface area contributed by atoms with Crippen LogP contribution in [-0.4, -0.2) is 30.0 Å². The lowest BCUT2D eigenvalue weighted by Gasteiger charge is -2.09. The summed E-state index contributed by atoms with van der Waals surface area (Å²) in [5, 5.41) is 0.487. The number of nitrogens with zero attached hydrogens (tertiary/aromatic N) is 1. The van der Waals surface area contributed by atoms with Crippen LogP contribution in [0.15, 0.2) is 30.3 Å². The second-order valence-electron chi connectivity index (χ2n) is 4.16. The van der Waals surface area contributed by atoms with Gasteiger partial charge >= 0.3 is 0 Å². The van der Waals surface area contributed by atoms with Gasteiger partial charge in [-0.1, -0.05) is 18.1 Å². The van der Waals surface area contributed by atoms with Crippen LogP contribution >= 0.6 is 0 Å². The zero-order valence-corrected chi connectivity index (χ0v) is 8.65. The highest BCUT2D eigenvalue weighted by molar-refractivity contribution is 5.83. The highest BCUT2D eigenvalue weighted by atomic mass is 15.1. The van der Waals surface area contributed by atoms with Gasteiger partial charge in [-0.3, -0.25) is 0 Å². The van der Waals surface area contributed by atoms with Crippen molar-refractivity contribution in [3.05, 3.63) is 35.9 Å². The van der Waals surface area contributed by atoms with Crippen molar-refractivity contribution in [2.75, 3.05) is 20.1 Å². The number of rotatable bonds is 1. The molecule has 2 heterocycles. The highest BCUT2D eigenvalue weighted by Gasteiger charge is 2.23. The fraction of sp³-hybridized carbons (Fsp3) is 0.385. The fourth-order valence-corrected chi connectivity index (χ4v) is 2.28. The summed E-state index contributed by atoms with van der Waals surface area (Å²) < 4.78 is 39.6. The Morgan fingerprint density at radius 1 is 1.47 bits per heavy atom. The average molecular weight is 205 g/mol. The second kappa shape index (κ2) is 3.38. The zero-order valence-electron chi connectivity index (χ0n) is 13.6. The number of nitrogens with one attached hydrogen (secondary N) is 1. The van der Waals surface area contributed by atoms with Gasteiger partial charge in [0.15, 0.2) is 0 Å². The maximum Gasteiger partial charge on any atom is 0.0819 e. The second-order valence-corrected chi connectivity index (χ2v) is 4.16. The molecule has 1 fully saturated rings. The summed E-state index contributed by atoms with van der Waals surface area (Å²) in [5.74, 6) is 0.153. The molecule has 0 amide bonds. The van der Waals surface area contributed by atoms with E-state index >= 15 is 0 Å². The number of para-hydroxylation sites is 1. The van der Waals surface area contributed by atoms with Crippen molar-refractivity contribution in [2.24, 2.45) is 0 Å². The Bertz CT molecular complexity index is 694. The van der Waals surface area contributed by atoms with Gasteiger partial charge in [-0.15, -0.1) is 0 Å². The Hall–Kier alpha value is -1.28. The zero-order chi connectivity index (χ0) is 14.6. The lowest BCUT2D eigenvalue weighted by atomic mass is 9.98. The molecule has 0 aliphatic carbocycles. The SMILES string of the molecule is [2H]c1[nH]c2c([2H])c([2H])c([2H])c([2H])c2c1[C@@H]1CCN(C)C1. The molecule has 0 spiro atoms. The molecule has 2 nitrogen and oxygen atoms in total. The van der Waals surface area contributed by atoms with Gasteiger partial charge in [0.25, 0.3) is 0 Å². The molecule has 0 unspecified atom stereocenters. The highest BCUT2D eigenvalue weighted by Crippen LogP contribution is 2.31. The predicted molar refractivity (Wildman–Crippen MR) is 63.2 cm³/mol. The number of benzene rings is 1. The van der Waals surface area contributed by atoms with Gasteiger partial charge in [0.1, 0.15) is 0 Å². The first-order valence-corrected chi connectivity index (χ1v) is 5.18. The van der Waals surface area contributed by atoms with E-state index in [1.54, 1.807) is 0 Å². The van der Waals surface area contributed by atoms with Crippen LogP contribution in [0.3, 0.4) is 0 Å². The van der Waals surface area contributed by atoms with Crippen LogP contribution in [-0.2, 0) is 0 Å². The minimum absolute atomic E-state index is 0.0414. The minimum Gasteiger partial charge on any atom is -0.361 e. The van der Waals surface area contributed by atoms with Gasteiger partial charge in [-0.25, -0.2) is 0 Å². The molecule has 1 aliphatic rings. The Balaban J connectivity index is 2.30. The van der Waals surface area contributed by atoms with Crippen molar-refractivity contribution in [1.82, 2.24) is 9.88 Å². The Labute approximate surface area is 96.9 Å². The van der Waals surface area contributed by atoms with Crippen LogP contribution in [0.1, 0.15) is 24.8 Å². The van der Waals surface area contributed by atoms with Crippen molar-refractivity contribution in [2.45, 2.75) is 12.3 Å². The molecule has 15 heavy (non-hydrogen) atoms. The summed E-state index contributed by atoms with van der Waals surface area (Å²) in [6, 6.07) is -0.611. The van der Waals surface area contributed by atoms with E-state index in [2.05, 4.69) is 9.88 Å². The van der Waals surface area contributed by atoms with E-state index in [4.69, 9.17) is 6.85 Å². The topological polar surface area (TPSA) is 19.0 Å². The summed E-state index contributed by atoms with van der Waals surface area (Å²) in [7, 11) is 2.02. The molecule has 1 N–H and O–H groups in total. The molecule has 0 saturated carbocycles. The smallest absolute Gasteiger partial charge is 0.0819 e. The number of fused-ring (bicyclic) bond motifs is 1. The van der Waals surface area contributed by atoms with Crippen LogP contribution in [0.4, 0.5) is 0 Å². The molecule has 1 atom stereocenters. The lowest BCUT2D eigenvalue weighted by Crippen LogP contribution is -2.13. The largest absolute Gasteiger partial charge is 0.361 e. The van der Waals surface area contributed by atoms with Gasteiger partial charge in [-0.2, -0.15) is 0 Å². The molecule has 1 saturated heterocycles. The third kappa shape index (κ3) is 1.45. The summed E-state index contributed by atoms with van der Waals surface area (Å²) in [6.45, 7) is 1.77. The number of likely N-dealkylation sites (N-methyl/N-ethyl adjacent to an activating group) is 1. The predicted octanol–water partition coefficient (Wildman–Crippen LogP) is 2.59. The monoisotopic (exact) mass is 205 g/mol. The number of aromatic amines is 1. The van der Waals surface area contributed by atoms with E-state index in [1.807, 2.05) is 7.05 Å². The Morgan fingerprint density at radius 3 is 3.13 bits per heavy atom. The molecular formula is C13H16N2. The molecule has 0 radical (unpaired) electrons. The number of H-pyrrole nitrogens is 1. The quantitative estimate of drug-likeness (QED) is 0.758. The summed E-state index contributed by atoms with van der Waals surface area (Å²) in [4.78, 5) is 5.01. The van der Waals surface area contributed by atoms with Crippen LogP contribution in [0.2, 0.25) is 0 Å². The van der Waals surface area contributed by atoms with E-state index in [9.17, 15) is 0 Å². The number of likely N-dealkylation sites (tertiary alicyclic amines) is 1. The van der Waals surface area contributed by atoms with E-state index < -0.39 is 0 Å². The van der Waals surface area contributed by atoms with Crippen molar-refractivity contribution < 1.29 is 6.85 Å². The first-order chi connectivity index (χ1) is 9.41. The first-order valence-electron chi connectivity index (χ1n) is 7.68. The van der Waals surface area contributed by atoms with Crippen LogP contribution in [0.25, 0.3) is 10.9 Å². The average Bonchev–Trinajstić information content (AvgIpc) is 2.97. The molecule has 0 bridgehead atoms. The normalized spacial score (nSPS) is 27.3. The van der Waals surface area contributed by atoms with E-state index in [0.717, 1.165) is 25.1 Å². The van der Waals surface area contributed by atoms with Gasteiger partial charge in [0.2, 0.25) is 0 Å². The summed E-state index contributed by atoms with van der Waals surface area (Å²) >= 11 is 0. The van der Waals surface area contributed by atoms with Crippen molar-refractivity contribution >= 4 is 10.9 Å². The molecular weight excluding hydrogens is 184 g/mol. The molecule has 78 valence electrons. The standard InChI is InChI=1S/C13H16N2/c1-15-7-6-10(9-15)12-8-14-13-5-3-2-4-11(12)13/h2-5,8,10,14H,6-7,9H2,1H3/t10-/m1/s1/i2D,3D,4D,5D,8D. The number of aromatic nitrogens is 1. The van der Waals surface area contributed by atoms with Crippen LogP contribution < -0.4 is 0 Å². The Morgan fingerprint density at radius 2 is 2.33 bits per heavy atom. The lowest BCUT2D eigenvalue weighted by molar-refractivity contribution is 0.412. The molecule has 2 heteroatoms. The molecule has 3 rings (SSSR count). The minimum atomic E-state index is -0.251. The maximum atomic E-state index is 8.10. The van der Waals surface area contributed by atoms with Crippen molar-refractivity contribution in [3.8, 4) is 0 Å². The van der Waals surface area contributed by atoms with Crippen LogP contribution in [0, 0.1) is 0 Å². The van der Waals surface area contributed by atoms with Gasteiger partial charge in [0.05, 0.1) is 6.85 Å². The van der Waals surface area contributed by atoms with Crippen molar-refractivity contribution in [3.63, 3.8) is 0 Å². The Kier molecular flexibility index (Phi) is 1.17. The summed E-state index contributed by atoms with van der Waals surface area (Å²) in [6.07, 6.45) is 1.13. The van der Waals surface area contributed by atoms with E-state index in [0.29, 0.717) is 10.9 Å². The molecule has 1 aliphatic heterocycles. The molecule has 2 aromatic rings. The third-order valence-electron chi connectivity index (χ3n) is 3.08. The first kappa shape index (κ1) is 5.17. The fourth-order valence-electron chi connectivity index (χ4n) is 2.28. The maximum absolute atomic E-state index is 8.10. The van der Waals surface area contributed by atoms with Crippen molar-refractivity contribution in [1.29, 1.82) is 0 Å². The van der Waals surface area contributed by atoms with E-state index in [-0.39, 0.29) is 36.3 Å². The number of hydrogen-bond acceptors (Lipinski definition) is 1. The van der Waals surface area contributed by atoms with Gasteiger partial charge in [0, 0.05) is 23.6 Å². The number of hydrogen-bond donors (Lipinski definition) is 1. The van der Waals surface area contributed by atoms with Gasteiger partial charge in [-0.05, 0) is 37.5 Å². The van der Waals surface area contributed by atoms with Gasteiger partial charge < -0.3 is 9.88 Å². The van der Waals surface area contributed by atoms with E-state index in [1.165, 1.54) is 0 Å². The molecule has 1 aromatic heterocycles. The third-order valence-corrected chi connectivity index (χ3v) is 3.08.